The van der Waals surface area contributed by atoms with Gasteiger partial charge in [-0.3, -0.25) is 9.59 Å². The molecular weight excluding hydrogens is 382 g/mol. The minimum atomic E-state index is -0.137. The van der Waals surface area contributed by atoms with E-state index >= 15 is 0 Å². The van der Waals surface area contributed by atoms with Gasteiger partial charge in [0.1, 0.15) is 6.26 Å². The Labute approximate surface area is 173 Å². The Balaban J connectivity index is 1.43. The molecule has 0 saturated carbocycles. The molecule has 30 heavy (non-hydrogen) atoms. The zero-order chi connectivity index (χ0) is 20.7. The van der Waals surface area contributed by atoms with E-state index in [9.17, 15) is 9.59 Å². The molecule has 0 radical (unpaired) electrons. The summed E-state index contributed by atoms with van der Waals surface area (Å²) in [5.74, 6) is 0.545. The second-order valence-corrected chi connectivity index (χ2v) is 7.81. The fraction of sp³-hybridized carbons (Fsp3) is 0.318. The normalized spacial score (nSPS) is 22.9. The highest BCUT2D eigenvalue weighted by molar-refractivity contribution is 5.93. The molecule has 0 aliphatic carbocycles. The van der Waals surface area contributed by atoms with E-state index in [4.69, 9.17) is 4.42 Å². The fourth-order valence-corrected chi connectivity index (χ4v) is 4.68. The van der Waals surface area contributed by atoms with Crippen LogP contribution in [0.3, 0.4) is 0 Å². The standard InChI is InChI=1S/C22H21N5O3/c1-14-24-19(13-30-14)22(29)27-11-16-10-26(21(28)18-8-5-9-23-25-18)12-17(16)20(27)15-6-3-2-4-7-15/h2-9,13,16-17,20H,10-12H2,1H3/t16-,17-,20+/m0/s1. The molecule has 2 fully saturated rings. The number of rotatable bonds is 3. The molecule has 0 N–H and O–H groups in total. The van der Waals surface area contributed by atoms with Gasteiger partial charge in [0.15, 0.2) is 17.3 Å². The van der Waals surface area contributed by atoms with E-state index in [1.807, 2.05) is 40.1 Å². The predicted octanol–water partition coefficient (Wildman–Crippen LogP) is 2.36. The van der Waals surface area contributed by atoms with E-state index in [0.29, 0.717) is 36.9 Å². The number of carbonyl (C=O) groups is 2. The highest BCUT2D eigenvalue weighted by Gasteiger charge is 2.50. The van der Waals surface area contributed by atoms with Gasteiger partial charge in [-0.1, -0.05) is 30.3 Å². The van der Waals surface area contributed by atoms with Crippen molar-refractivity contribution in [3.8, 4) is 0 Å². The number of aryl methyl sites for hydroxylation is 1. The molecule has 2 saturated heterocycles. The van der Waals surface area contributed by atoms with Crippen molar-refractivity contribution in [2.75, 3.05) is 19.6 Å². The van der Waals surface area contributed by atoms with Crippen molar-refractivity contribution in [2.24, 2.45) is 11.8 Å². The zero-order valence-corrected chi connectivity index (χ0v) is 16.5. The Kier molecular flexibility index (Phi) is 4.54. The van der Waals surface area contributed by atoms with Gasteiger partial charge in [0.25, 0.3) is 11.8 Å². The zero-order valence-electron chi connectivity index (χ0n) is 16.5. The first-order valence-electron chi connectivity index (χ1n) is 9.97. The number of aromatic nitrogens is 3. The van der Waals surface area contributed by atoms with Crippen molar-refractivity contribution >= 4 is 11.8 Å². The van der Waals surface area contributed by atoms with Gasteiger partial charge in [0.05, 0.1) is 6.04 Å². The van der Waals surface area contributed by atoms with E-state index in [2.05, 4.69) is 15.2 Å². The van der Waals surface area contributed by atoms with Crippen LogP contribution in [0.25, 0.3) is 0 Å². The molecule has 3 aromatic rings. The number of amides is 2. The van der Waals surface area contributed by atoms with E-state index in [1.54, 1.807) is 25.3 Å². The molecule has 1 aromatic carbocycles. The lowest BCUT2D eigenvalue weighted by atomic mass is 9.89. The summed E-state index contributed by atoms with van der Waals surface area (Å²) in [6, 6.07) is 13.3. The number of carbonyl (C=O) groups excluding carboxylic acids is 2. The third kappa shape index (κ3) is 3.14. The molecule has 2 aliphatic heterocycles. The van der Waals surface area contributed by atoms with Crippen LogP contribution in [0.2, 0.25) is 0 Å². The molecule has 0 unspecified atom stereocenters. The maximum absolute atomic E-state index is 13.2. The Morgan fingerprint density at radius 3 is 2.53 bits per heavy atom. The van der Waals surface area contributed by atoms with E-state index < -0.39 is 0 Å². The van der Waals surface area contributed by atoms with Gasteiger partial charge in [-0.15, -0.1) is 5.10 Å². The maximum Gasteiger partial charge on any atom is 0.276 e. The first-order valence-corrected chi connectivity index (χ1v) is 9.97. The number of fused-ring (bicyclic) bond motifs is 1. The van der Waals surface area contributed by atoms with Gasteiger partial charge in [-0.05, 0) is 17.7 Å². The first kappa shape index (κ1) is 18.5. The van der Waals surface area contributed by atoms with Crippen molar-refractivity contribution < 1.29 is 14.0 Å². The van der Waals surface area contributed by atoms with Crippen LogP contribution in [0.15, 0.2) is 59.3 Å². The van der Waals surface area contributed by atoms with E-state index in [-0.39, 0.29) is 29.7 Å². The first-order chi connectivity index (χ1) is 14.6. The molecular formula is C22H21N5O3. The van der Waals surface area contributed by atoms with Gasteiger partial charge in [-0.2, -0.15) is 5.10 Å². The third-order valence-corrected chi connectivity index (χ3v) is 5.98. The lowest BCUT2D eigenvalue weighted by Gasteiger charge is -2.29. The Morgan fingerprint density at radius 1 is 1.00 bits per heavy atom. The van der Waals surface area contributed by atoms with Crippen molar-refractivity contribution in [1.29, 1.82) is 0 Å². The molecule has 8 nitrogen and oxygen atoms in total. The predicted molar refractivity (Wildman–Crippen MR) is 106 cm³/mol. The largest absolute Gasteiger partial charge is 0.448 e. The lowest BCUT2D eigenvalue weighted by molar-refractivity contribution is 0.0670. The van der Waals surface area contributed by atoms with Gasteiger partial charge < -0.3 is 14.2 Å². The highest BCUT2D eigenvalue weighted by atomic mass is 16.3. The van der Waals surface area contributed by atoms with Crippen LogP contribution in [-0.4, -0.2) is 56.4 Å². The smallest absolute Gasteiger partial charge is 0.276 e. The average Bonchev–Trinajstić information content (AvgIpc) is 3.48. The third-order valence-electron chi connectivity index (χ3n) is 5.98. The Bertz CT molecular complexity index is 1070. The quantitative estimate of drug-likeness (QED) is 0.667. The summed E-state index contributed by atoms with van der Waals surface area (Å²) >= 11 is 0. The number of benzene rings is 1. The van der Waals surface area contributed by atoms with Crippen molar-refractivity contribution in [3.05, 3.63) is 77.8 Å². The summed E-state index contributed by atoms with van der Waals surface area (Å²) in [7, 11) is 0. The molecule has 3 atom stereocenters. The van der Waals surface area contributed by atoms with Crippen LogP contribution >= 0.6 is 0 Å². The molecule has 0 spiro atoms. The van der Waals surface area contributed by atoms with Crippen LogP contribution in [0.4, 0.5) is 0 Å². The van der Waals surface area contributed by atoms with Crippen molar-refractivity contribution in [1.82, 2.24) is 25.0 Å². The molecule has 0 bridgehead atoms. The van der Waals surface area contributed by atoms with Crippen LogP contribution in [0.1, 0.15) is 38.5 Å². The van der Waals surface area contributed by atoms with Crippen LogP contribution < -0.4 is 0 Å². The molecule has 2 aromatic heterocycles. The SMILES string of the molecule is Cc1nc(C(=O)N2C[C@@H]3CN(C(=O)c4cccnn4)C[C@@H]3[C@H]2c2ccccc2)co1. The molecule has 4 heterocycles. The second kappa shape index (κ2) is 7.37. The number of hydrogen-bond donors (Lipinski definition) is 0. The number of oxazole rings is 1. The summed E-state index contributed by atoms with van der Waals surface area (Å²) in [5.41, 5.74) is 1.73. The molecule has 152 valence electrons. The van der Waals surface area contributed by atoms with Crippen molar-refractivity contribution in [3.63, 3.8) is 0 Å². The van der Waals surface area contributed by atoms with Crippen LogP contribution in [0.5, 0.6) is 0 Å². The van der Waals surface area contributed by atoms with Gasteiger partial charge in [0, 0.05) is 44.6 Å². The Hall–Kier alpha value is -3.55. The lowest BCUT2D eigenvalue weighted by Crippen LogP contribution is -2.37. The Morgan fingerprint density at radius 2 is 1.83 bits per heavy atom. The van der Waals surface area contributed by atoms with Crippen LogP contribution in [0, 0.1) is 18.8 Å². The topological polar surface area (TPSA) is 92.4 Å². The molecule has 8 heteroatoms. The number of nitrogens with zero attached hydrogens (tertiary/aromatic N) is 5. The van der Waals surface area contributed by atoms with Gasteiger partial charge in [-0.25, -0.2) is 4.98 Å². The fourth-order valence-electron chi connectivity index (χ4n) is 4.68. The van der Waals surface area contributed by atoms with E-state index in [1.165, 1.54) is 6.26 Å². The summed E-state index contributed by atoms with van der Waals surface area (Å²) in [5, 5.41) is 7.77. The van der Waals surface area contributed by atoms with Crippen LogP contribution in [-0.2, 0) is 0 Å². The number of likely N-dealkylation sites (tertiary alicyclic amines) is 2. The molecule has 5 rings (SSSR count). The minimum absolute atomic E-state index is 0.116. The van der Waals surface area contributed by atoms with Crippen molar-refractivity contribution in [2.45, 2.75) is 13.0 Å². The monoisotopic (exact) mass is 403 g/mol. The maximum atomic E-state index is 13.2. The van der Waals surface area contributed by atoms with Gasteiger partial charge >= 0.3 is 0 Å². The second-order valence-electron chi connectivity index (χ2n) is 7.81. The highest BCUT2D eigenvalue weighted by Crippen LogP contribution is 2.45. The molecule has 2 amide bonds. The summed E-state index contributed by atoms with van der Waals surface area (Å²) in [6.07, 6.45) is 2.97. The van der Waals surface area contributed by atoms with Gasteiger partial charge in [0.2, 0.25) is 0 Å². The minimum Gasteiger partial charge on any atom is -0.448 e. The summed E-state index contributed by atoms with van der Waals surface area (Å²) in [4.78, 5) is 34.0. The average molecular weight is 403 g/mol. The summed E-state index contributed by atoms with van der Waals surface area (Å²) < 4.78 is 5.25. The number of hydrogen-bond acceptors (Lipinski definition) is 6. The molecule has 2 aliphatic rings. The summed E-state index contributed by atoms with van der Waals surface area (Å²) in [6.45, 7) is 3.45. The van der Waals surface area contributed by atoms with E-state index in [0.717, 1.165) is 5.56 Å².